The minimum absolute atomic E-state index is 0.119. The number of methoxy groups -OCH3 is 2. The summed E-state index contributed by atoms with van der Waals surface area (Å²) in [5, 5.41) is 4.05. The Labute approximate surface area is 157 Å². The third-order valence-electron chi connectivity index (χ3n) is 3.65. The smallest absolute Gasteiger partial charge is 0.279 e. The maximum absolute atomic E-state index is 12.3. The lowest BCUT2D eigenvalue weighted by Crippen LogP contribution is -3.08. The van der Waals surface area contributed by atoms with Crippen LogP contribution >= 0.6 is 23.2 Å². The lowest BCUT2D eigenvalue weighted by molar-refractivity contribution is -0.885. The Balaban J connectivity index is 1.97. The fraction of sp³-hybridized carbons (Fsp3) is 0.278. The molecule has 2 aromatic carbocycles. The number of hydrogen-bond acceptors (Lipinski definition) is 3. The summed E-state index contributed by atoms with van der Waals surface area (Å²) >= 11 is 12.1. The molecule has 1 atom stereocenters. The standard InChI is InChI=1S/C18H20Cl2N2O3/c1-22(10-12-4-5-13(19)8-15(12)20)11-18(23)21-16-7-6-14(24-2)9-17(16)25-3/h4-9H,10-11H2,1-3H3,(H,21,23)/p+1. The van der Waals surface area contributed by atoms with Crippen molar-refractivity contribution >= 4 is 34.8 Å². The van der Waals surface area contributed by atoms with Crippen LogP contribution in [0.3, 0.4) is 0 Å². The lowest BCUT2D eigenvalue weighted by Gasteiger charge is -2.16. The molecule has 25 heavy (non-hydrogen) atoms. The highest BCUT2D eigenvalue weighted by Gasteiger charge is 2.15. The number of amides is 1. The molecule has 1 unspecified atom stereocenters. The third kappa shape index (κ3) is 5.53. The van der Waals surface area contributed by atoms with E-state index in [-0.39, 0.29) is 12.5 Å². The van der Waals surface area contributed by atoms with Crippen LogP contribution < -0.4 is 19.7 Å². The molecule has 0 heterocycles. The van der Waals surface area contributed by atoms with E-state index in [0.29, 0.717) is 33.8 Å². The van der Waals surface area contributed by atoms with Crippen molar-refractivity contribution < 1.29 is 19.2 Å². The molecule has 134 valence electrons. The summed E-state index contributed by atoms with van der Waals surface area (Å²) in [6.07, 6.45) is 0. The summed E-state index contributed by atoms with van der Waals surface area (Å²) in [6, 6.07) is 10.6. The van der Waals surface area contributed by atoms with Crippen molar-refractivity contribution in [1.82, 2.24) is 0 Å². The molecule has 0 aliphatic rings. The van der Waals surface area contributed by atoms with Crippen LogP contribution in [0.5, 0.6) is 11.5 Å². The molecule has 1 amide bonds. The minimum Gasteiger partial charge on any atom is -0.497 e. The number of benzene rings is 2. The second-order valence-electron chi connectivity index (χ2n) is 5.66. The van der Waals surface area contributed by atoms with Crippen molar-refractivity contribution in [3.63, 3.8) is 0 Å². The molecule has 0 saturated heterocycles. The number of nitrogens with one attached hydrogen (secondary N) is 2. The zero-order valence-corrected chi connectivity index (χ0v) is 15.9. The number of anilines is 1. The molecule has 2 aromatic rings. The predicted octanol–water partition coefficient (Wildman–Crippen LogP) is 2.66. The Hall–Kier alpha value is -1.95. The molecular formula is C18H21Cl2N2O3+. The second-order valence-corrected chi connectivity index (χ2v) is 6.50. The normalized spacial score (nSPS) is 11.7. The Morgan fingerprint density at radius 2 is 1.88 bits per heavy atom. The van der Waals surface area contributed by atoms with Crippen LogP contribution in [0.15, 0.2) is 36.4 Å². The summed E-state index contributed by atoms with van der Waals surface area (Å²) in [4.78, 5) is 13.3. The summed E-state index contributed by atoms with van der Waals surface area (Å²) < 4.78 is 10.4. The third-order valence-corrected chi connectivity index (χ3v) is 4.24. The van der Waals surface area contributed by atoms with Crippen LogP contribution in [0.25, 0.3) is 0 Å². The van der Waals surface area contributed by atoms with Gasteiger partial charge in [-0.05, 0) is 24.3 Å². The predicted molar refractivity (Wildman–Crippen MR) is 100 cm³/mol. The van der Waals surface area contributed by atoms with E-state index in [1.165, 1.54) is 0 Å². The lowest BCUT2D eigenvalue weighted by atomic mass is 10.2. The van der Waals surface area contributed by atoms with Crippen molar-refractivity contribution in [2.45, 2.75) is 6.54 Å². The van der Waals surface area contributed by atoms with Crippen LogP contribution in [0.2, 0.25) is 10.0 Å². The molecule has 0 bridgehead atoms. The molecule has 5 nitrogen and oxygen atoms in total. The number of rotatable bonds is 7. The van der Waals surface area contributed by atoms with Gasteiger partial charge in [-0.1, -0.05) is 29.3 Å². The number of halogens is 2. The molecule has 0 aliphatic carbocycles. The molecule has 2 N–H and O–H groups in total. The number of quaternary nitrogens is 1. The molecule has 2 rings (SSSR count). The van der Waals surface area contributed by atoms with Gasteiger partial charge in [-0.25, -0.2) is 0 Å². The van der Waals surface area contributed by atoms with Crippen molar-refractivity contribution in [3.8, 4) is 11.5 Å². The average Bonchev–Trinajstić information content (AvgIpc) is 2.57. The van der Waals surface area contributed by atoms with Gasteiger partial charge >= 0.3 is 0 Å². The fourth-order valence-corrected chi connectivity index (χ4v) is 2.90. The van der Waals surface area contributed by atoms with Gasteiger partial charge in [0.25, 0.3) is 5.91 Å². The first-order chi connectivity index (χ1) is 11.9. The Bertz CT molecular complexity index is 753. The molecular weight excluding hydrogens is 363 g/mol. The number of ether oxygens (including phenoxy) is 2. The van der Waals surface area contributed by atoms with E-state index in [9.17, 15) is 4.79 Å². The van der Waals surface area contributed by atoms with Crippen molar-refractivity contribution in [3.05, 3.63) is 52.0 Å². The molecule has 0 fully saturated rings. The highest BCUT2D eigenvalue weighted by Crippen LogP contribution is 2.28. The molecule has 7 heteroatoms. The summed E-state index contributed by atoms with van der Waals surface area (Å²) in [5.41, 5.74) is 1.55. The number of hydrogen-bond donors (Lipinski definition) is 2. The topological polar surface area (TPSA) is 52.0 Å². The van der Waals surface area contributed by atoms with Crippen molar-refractivity contribution in [2.75, 3.05) is 33.1 Å². The minimum atomic E-state index is -0.119. The number of carbonyl (C=O) groups excluding carboxylic acids is 1. The van der Waals surface area contributed by atoms with Gasteiger partial charge in [0, 0.05) is 16.7 Å². The molecule has 0 aliphatic heterocycles. The van der Waals surface area contributed by atoms with Crippen LogP contribution in [-0.2, 0) is 11.3 Å². The van der Waals surface area contributed by atoms with Gasteiger partial charge in [0.1, 0.15) is 18.0 Å². The monoisotopic (exact) mass is 383 g/mol. The van der Waals surface area contributed by atoms with E-state index in [0.717, 1.165) is 10.5 Å². The highest BCUT2D eigenvalue weighted by molar-refractivity contribution is 6.35. The summed E-state index contributed by atoms with van der Waals surface area (Å²) in [7, 11) is 5.05. The van der Waals surface area contributed by atoms with Crippen LogP contribution in [0, 0.1) is 0 Å². The van der Waals surface area contributed by atoms with E-state index >= 15 is 0 Å². The largest absolute Gasteiger partial charge is 0.497 e. The molecule has 0 spiro atoms. The van der Waals surface area contributed by atoms with Gasteiger partial charge < -0.3 is 19.7 Å². The van der Waals surface area contributed by atoms with Crippen molar-refractivity contribution in [1.29, 1.82) is 0 Å². The van der Waals surface area contributed by atoms with Gasteiger partial charge in [-0.3, -0.25) is 4.79 Å². The SMILES string of the molecule is COc1ccc(NC(=O)C[NH+](C)Cc2ccc(Cl)cc2Cl)c(OC)c1. The average molecular weight is 384 g/mol. The van der Waals surface area contributed by atoms with E-state index in [4.69, 9.17) is 32.7 Å². The quantitative estimate of drug-likeness (QED) is 0.772. The van der Waals surface area contributed by atoms with Gasteiger partial charge in [0.2, 0.25) is 0 Å². The van der Waals surface area contributed by atoms with Gasteiger partial charge in [-0.2, -0.15) is 0 Å². The van der Waals surface area contributed by atoms with E-state index in [1.54, 1.807) is 44.6 Å². The maximum atomic E-state index is 12.3. The summed E-state index contributed by atoms with van der Waals surface area (Å²) in [5.74, 6) is 1.09. The van der Waals surface area contributed by atoms with Gasteiger partial charge in [0.05, 0.1) is 32.0 Å². The Morgan fingerprint density at radius 1 is 1.12 bits per heavy atom. The highest BCUT2D eigenvalue weighted by atomic mass is 35.5. The number of carbonyl (C=O) groups is 1. The zero-order valence-electron chi connectivity index (χ0n) is 14.4. The van der Waals surface area contributed by atoms with Gasteiger partial charge in [-0.15, -0.1) is 0 Å². The Morgan fingerprint density at radius 3 is 2.52 bits per heavy atom. The molecule has 0 saturated carbocycles. The number of likely N-dealkylation sites (N-methyl/N-ethyl adjacent to an activating group) is 1. The van der Waals surface area contributed by atoms with E-state index in [1.807, 2.05) is 13.1 Å². The van der Waals surface area contributed by atoms with Crippen LogP contribution in [0.4, 0.5) is 5.69 Å². The van der Waals surface area contributed by atoms with Crippen LogP contribution in [0.1, 0.15) is 5.56 Å². The van der Waals surface area contributed by atoms with E-state index < -0.39 is 0 Å². The van der Waals surface area contributed by atoms with Crippen LogP contribution in [-0.4, -0.2) is 33.7 Å². The first-order valence-corrected chi connectivity index (χ1v) is 8.45. The second kappa shape index (κ2) is 8.94. The zero-order chi connectivity index (χ0) is 18.4. The van der Waals surface area contributed by atoms with E-state index in [2.05, 4.69) is 5.32 Å². The molecule has 0 aromatic heterocycles. The van der Waals surface area contributed by atoms with Crippen molar-refractivity contribution in [2.24, 2.45) is 0 Å². The first-order valence-electron chi connectivity index (χ1n) is 7.70. The maximum Gasteiger partial charge on any atom is 0.279 e. The van der Waals surface area contributed by atoms with Gasteiger partial charge in [0.15, 0.2) is 6.54 Å². The summed E-state index contributed by atoms with van der Waals surface area (Å²) in [6.45, 7) is 0.900. The molecule has 0 radical (unpaired) electrons. The fourth-order valence-electron chi connectivity index (χ4n) is 2.42. The Kier molecular flexibility index (Phi) is 6.93. The first kappa shape index (κ1) is 19.4.